The fraction of sp³-hybridized carbons (Fsp3) is 0.682. The predicted octanol–water partition coefficient (Wildman–Crippen LogP) is 6.35. The van der Waals surface area contributed by atoms with Gasteiger partial charge < -0.3 is 4.74 Å². The summed E-state index contributed by atoms with van der Waals surface area (Å²) in [6.45, 7) is 4.28. The van der Waals surface area contributed by atoms with E-state index in [-0.39, 0.29) is 5.92 Å². The number of rotatable bonds is 8. The highest BCUT2D eigenvalue weighted by Crippen LogP contribution is 2.33. The Kier molecular flexibility index (Phi) is 7.81. The molecule has 0 saturated heterocycles. The molecule has 0 aromatic heterocycles. The van der Waals surface area contributed by atoms with Crippen LogP contribution in [0.4, 0.5) is 0 Å². The number of benzene rings is 1. The first-order valence-electron chi connectivity index (χ1n) is 9.84. The smallest absolute Gasteiger partial charge is 0.166 e. The molecule has 2 heteroatoms. The van der Waals surface area contributed by atoms with Gasteiger partial charge in [-0.3, -0.25) is 4.79 Å². The van der Waals surface area contributed by atoms with Gasteiger partial charge in [-0.25, -0.2) is 0 Å². The van der Waals surface area contributed by atoms with Crippen LogP contribution in [-0.4, -0.2) is 12.9 Å². The molecular formula is C22H34O2. The predicted molar refractivity (Wildman–Crippen MR) is 101 cm³/mol. The molecule has 1 saturated carbocycles. The van der Waals surface area contributed by atoms with Crippen LogP contribution in [-0.2, 0) is 0 Å². The Morgan fingerprint density at radius 3 is 2.71 bits per heavy atom. The minimum atomic E-state index is 0.207. The highest BCUT2D eigenvalue weighted by atomic mass is 16.5. The molecule has 0 spiro atoms. The number of hydrogen-bond acceptors (Lipinski definition) is 2. The van der Waals surface area contributed by atoms with E-state index in [9.17, 15) is 4.79 Å². The van der Waals surface area contributed by atoms with E-state index in [0.717, 1.165) is 35.6 Å². The van der Waals surface area contributed by atoms with E-state index in [1.54, 1.807) is 7.11 Å². The van der Waals surface area contributed by atoms with Crippen LogP contribution in [0.5, 0.6) is 5.75 Å². The van der Waals surface area contributed by atoms with Crippen molar-refractivity contribution in [3.63, 3.8) is 0 Å². The number of ketones is 1. The molecule has 134 valence electrons. The molecule has 1 aromatic rings. The molecule has 1 aliphatic carbocycles. The fourth-order valence-electron chi connectivity index (χ4n) is 4.00. The van der Waals surface area contributed by atoms with Crippen LogP contribution < -0.4 is 4.74 Å². The van der Waals surface area contributed by atoms with Crippen LogP contribution in [0.15, 0.2) is 18.2 Å². The van der Waals surface area contributed by atoms with E-state index in [4.69, 9.17) is 4.74 Å². The summed E-state index contributed by atoms with van der Waals surface area (Å²) in [5.41, 5.74) is 1.91. The van der Waals surface area contributed by atoms with Crippen molar-refractivity contribution in [2.24, 2.45) is 11.8 Å². The lowest BCUT2D eigenvalue weighted by Crippen LogP contribution is -2.14. The Morgan fingerprint density at radius 2 is 1.96 bits per heavy atom. The molecule has 0 heterocycles. The number of ether oxygens (including phenoxy) is 1. The van der Waals surface area contributed by atoms with Crippen molar-refractivity contribution in [2.75, 3.05) is 7.11 Å². The van der Waals surface area contributed by atoms with Gasteiger partial charge in [-0.05, 0) is 43.7 Å². The first-order valence-corrected chi connectivity index (χ1v) is 9.84. The van der Waals surface area contributed by atoms with E-state index >= 15 is 0 Å². The molecule has 0 amide bonds. The Hall–Kier alpha value is -1.31. The summed E-state index contributed by atoms with van der Waals surface area (Å²) in [4.78, 5) is 12.9. The molecule has 24 heavy (non-hydrogen) atoms. The SMILES string of the molecule is CCCCCCC1CCCC(C(=O)c2ccc(C)c(OC)c2)CC1. The number of methoxy groups -OCH3 is 1. The van der Waals surface area contributed by atoms with Crippen molar-refractivity contribution in [1.82, 2.24) is 0 Å². The minimum Gasteiger partial charge on any atom is -0.496 e. The Morgan fingerprint density at radius 1 is 1.12 bits per heavy atom. The Bertz CT molecular complexity index is 521. The number of Topliss-reactive ketones (excluding diaryl/α,β-unsaturated/α-hetero) is 1. The summed E-state index contributed by atoms with van der Waals surface area (Å²) < 4.78 is 5.38. The normalized spacial score (nSPS) is 21.3. The maximum absolute atomic E-state index is 12.9. The van der Waals surface area contributed by atoms with Gasteiger partial charge in [0.25, 0.3) is 0 Å². The first kappa shape index (κ1) is 19.0. The van der Waals surface area contributed by atoms with Crippen molar-refractivity contribution in [3.05, 3.63) is 29.3 Å². The number of unbranched alkanes of at least 4 members (excludes halogenated alkanes) is 3. The third-order valence-corrected chi connectivity index (χ3v) is 5.62. The molecule has 2 nitrogen and oxygen atoms in total. The van der Waals surface area contributed by atoms with Crippen molar-refractivity contribution in [3.8, 4) is 5.75 Å². The Balaban J connectivity index is 1.89. The second-order valence-corrected chi connectivity index (χ2v) is 7.47. The van der Waals surface area contributed by atoms with Gasteiger partial charge in [0.2, 0.25) is 0 Å². The second kappa shape index (κ2) is 9.86. The Labute approximate surface area is 148 Å². The molecule has 0 radical (unpaired) electrons. The number of carbonyl (C=O) groups excluding carboxylic acids is 1. The fourth-order valence-corrected chi connectivity index (χ4v) is 4.00. The highest BCUT2D eigenvalue weighted by molar-refractivity contribution is 5.98. The zero-order chi connectivity index (χ0) is 17.4. The highest BCUT2D eigenvalue weighted by Gasteiger charge is 2.25. The van der Waals surface area contributed by atoms with E-state index in [0.29, 0.717) is 5.78 Å². The van der Waals surface area contributed by atoms with Crippen molar-refractivity contribution < 1.29 is 9.53 Å². The maximum atomic E-state index is 12.9. The van der Waals surface area contributed by atoms with Crippen molar-refractivity contribution in [2.45, 2.75) is 78.1 Å². The van der Waals surface area contributed by atoms with E-state index in [2.05, 4.69) is 6.92 Å². The average Bonchev–Trinajstić information content (AvgIpc) is 2.84. The van der Waals surface area contributed by atoms with Crippen LogP contribution in [0.25, 0.3) is 0 Å². The van der Waals surface area contributed by atoms with Gasteiger partial charge >= 0.3 is 0 Å². The standard InChI is InChI=1S/C22H34O2/c1-4-5-6-7-9-18-10-8-11-19(15-13-18)22(23)20-14-12-17(2)21(16-20)24-3/h12,14,16,18-19H,4-11,13,15H2,1-3H3. The number of aryl methyl sites for hydroxylation is 1. The van der Waals surface area contributed by atoms with Gasteiger partial charge in [0, 0.05) is 11.5 Å². The van der Waals surface area contributed by atoms with Gasteiger partial charge in [-0.2, -0.15) is 0 Å². The molecule has 1 aliphatic rings. The van der Waals surface area contributed by atoms with Crippen LogP contribution in [0.2, 0.25) is 0 Å². The topological polar surface area (TPSA) is 26.3 Å². The monoisotopic (exact) mass is 330 g/mol. The van der Waals surface area contributed by atoms with Crippen LogP contribution in [0.3, 0.4) is 0 Å². The zero-order valence-electron chi connectivity index (χ0n) is 15.8. The third kappa shape index (κ3) is 5.36. The molecule has 1 fully saturated rings. The summed E-state index contributed by atoms with van der Waals surface area (Å²) in [5.74, 6) is 2.19. The lowest BCUT2D eigenvalue weighted by Gasteiger charge is -2.15. The lowest BCUT2D eigenvalue weighted by molar-refractivity contribution is 0.0906. The molecule has 2 unspecified atom stereocenters. The van der Waals surface area contributed by atoms with Gasteiger partial charge in [0.05, 0.1) is 7.11 Å². The molecule has 0 N–H and O–H groups in total. The third-order valence-electron chi connectivity index (χ3n) is 5.62. The molecule has 2 rings (SSSR count). The quantitative estimate of drug-likeness (QED) is 0.315. The van der Waals surface area contributed by atoms with Gasteiger partial charge in [-0.15, -0.1) is 0 Å². The molecule has 0 bridgehead atoms. The van der Waals surface area contributed by atoms with Crippen LogP contribution in [0, 0.1) is 18.8 Å². The molecule has 1 aromatic carbocycles. The number of carbonyl (C=O) groups is 1. The van der Waals surface area contributed by atoms with Gasteiger partial charge in [0.1, 0.15) is 5.75 Å². The van der Waals surface area contributed by atoms with Crippen molar-refractivity contribution in [1.29, 1.82) is 0 Å². The maximum Gasteiger partial charge on any atom is 0.166 e. The summed E-state index contributed by atoms with van der Waals surface area (Å²) in [7, 11) is 1.67. The van der Waals surface area contributed by atoms with Crippen molar-refractivity contribution >= 4 is 5.78 Å². The molecule has 0 aliphatic heterocycles. The minimum absolute atomic E-state index is 0.207. The lowest BCUT2D eigenvalue weighted by atomic mass is 9.89. The van der Waals surface area contributed by atoms with E-state index < -0.39 is 0 Å². The average molecular weight is 331 g/mol. The van der Waals surface area contributed by atoms with Gasteiger partial charge in [0.15, 0.2) is 5.78 Å². The summed E-state index contributed by atoms with van der Waals surface area (Å²) in [6, 6.07) is 5.89. The second-order valence-electron chi connectivity index (χ2n) is 7.47. The van der Waals surface area contributed by atoms with E-state index in [1.807, 2.05) is 25.1 Å². The van der Waals surface area contributed by atoms with Crippen LogP contribution in [0.1, 0.15) is 87.1 Å². The largest absolute Gasteiger partial charge is 0.496 e. The van der Waals surface area contributed by atoms with Crippen LogP contribution >= 0.6 is 0 Å². The summed E-state index contributed by atoms with van der Waals surface area (Å²) in [6.07, 6.45) is 12.6. The van der Waals surface area contributed by atoms with Gasteiger partial charge in [-0.1, -0.05) is 64.0 Å². The molecular weight excluding hydrogens is 296 g/mol. The zero-order valence-corrected chi connectivity index (χ0v) is 15.8. The number of hydrogen-bond donors (Lipinski definition) is 0. The summed E-state index contributed by atoms with van der Waals surface area (Å²) in [5, 5.41) is 0. The van der Waals surface area contributed by atoms with E-state index in [1.165, 1.54) is 51.4 Å². The molecule has 2 atom stereocenters. The summed E-state index contributed by atoms with van der Waals surface area (Å²) >= 11 is 0. The first-order chi connectivity index (χ1) is 11.7.